The molecule has 6 heteroatoms. The summed E-state index contributed by atoms with van der Waals surface area (Å²) in [4.78, 5) is 5.03. The SMILES string of the molecule is CP(C)(=O)c1ccc(-c2ccc(-c3nc4ccccc4c4c3ccc3nsnc34)cc2)cc1. The van der Waals surface area contributed by atoms with Crippen LogP contribution in [0.1, 0.15) is 0 Å². The number of para-hydroxylation sites is 1. The van der Waals surface area contributed by atoms with Crippen LogP contribution in [0, 0.1) is 0 Å². The van der Waals surface area contributed by atoms with E-state index in [9.17, 15) is 4.57 Å². The van der Waals surface area contributed by atoms with E-state index in [-0.39, 0.29) is 0 Å². The summed E-state index contributed by atoms with van der Waals surface area (Å²) in [5.41, 5.74) is 7.01. The maximum Gasteiger partial charge on any atom is 0.113 e. The quantitative estimate of drug-likeness (QED) is 0.209. The van der Waals surface area contributed by atoms with Gasteiger partial charge < -0.3 is 4.57 Å². The van der Waals surface area contributed by atoms with Crippen molar-refractivity contribution in [3.63, 3.8) is 0 Å². The van der Waals surface area contributed by atoms with Gasteiger partial charge in [0.05, 0.1) is 22.9 Å². The van der Waals surface area contributed by atoms with Crippen molar-refractivity contribution in [1.29, 1.82) is 0 Å². The smallest absolute Gasteiger partial charge is 0.113 e. The van der Waals surface area contributed by atoms with Crippen LogP contribution in [-0.4, -0.2) is 27.1 Å². The topological polar surface area (TPSA) is 55.7 Å². The van der Waals surface area contributed by atoms with E-state index < -0.39 is 7.14 Å². The van der Waals surface area contributed by atoms with Crippen molar-refractivity contribution in [2.24, 2.45) is 0 Å². The minimum Gasteiger partial charge on any atom is -0.319 e. The lowest BCUT2D eigenvalue weighted by molar-refractivity contribution is 0.588. The average molecular weight is 466 g/mol. The van der Waals surface area contributed by atoms with Gasteiger partial charge >= 0.3 is 0 Å². The summed E-state index contributed by atoms with van der Waals surface area (Å²) < 4.78 is 21.3. The average Bonchev–Trinajstić information content (AvgIpc) is 3.32. The summed E-state index contributed by atoms with van der Waals surface area (Å²) >= 11 is 1.24. The first-order chi connectivity index (χ1) is 16.0. The Morgan fingerprint density at radius 2 is 1.33 bits per heavy atom. The number of benzene rings is 4. The molecule has 0 unspecified atom stereocenters. The summed E-state index contributed by atoms with van der Waals surface area (Å²) in [6.07, 6.45) is 0. The molecule has 0 spiro atoms. The Morgan fingerprint density at radius 1 is 0.667 bits per heavy atom. The molecule has 2 heterocycles. The van der Waals surface area contributed by atoms with Crippen molar-refractivity contribution < 1.29 is 4.57 Å². The number of rotatable bonds is 3. The van der Waals surface area contributed by atoms with E-state index in [0.717, 1.165) is 60.4 Å². The molecule has 160 valence electrons. The molecule has 0 amide bonds. The van der Waals surface area contributed by atoms with Crippen LogP contribution in [-0.2, 0) is 4.57 Å². The molecule has 0 saturated heterocycles. The number of hydrogen-bond donors (Lipinski definition) is 0. The Morgan fingerprint density at radius 3 is 2.06 bits per heavy atom. The fraction of sp³-hybridized carbons (Fsp3) is 0.0741. The summed E-state index contributed by atoms with van der Waals surface area (Å²) in [5, 5.41) is 4.17. The van der Waals surface area contributed by atoms with Gasteiger partial charge in [-0.05, 0) is 42.7 Å². The molecule has 33 heavy (non-hydrogen) atoms. The Labute approximate surface area is 195 Å². The zero-order valence-electron chi connectivity index (χ0n) is 18.2. The summed E-state index contributed by atoms with van der Waals surface area (Å²) in [5.74, 6) is 0. The van der Waals surface area contributed by atoms with Crippen molar-refractivity contribution in [3.05, 3.63) is 84.9 Å². The van der Waals surface area contributed by atoms with E-state index in [1.165, 1.54) is 11.7 Å². The molecule has 0 aliphatic heterocycles. The van der Waals surface area contributed by atoms with E-state index in [2.05, 4.69) is 45.1 Å². The molecule has 0 N–H and O–H groups in total. The molecule has 6 aromatic rings. The highest BCUT2D eigenvalue weighted by atomic mass is 32.1. The second kappa shape index (κ2) is 7.58. The maximum atomic E-state index is 12.3. The third-order valence-corrected chi connectivity index (χ3v) is 8.15. The summed E-state index contributed by atoms with van der Waals surface area (Å²) in [6, 6.07) is 28.8. The van der Waals surface area contributed by atoms with Crippen molar-refractivity contribution in [2.45, 2.75) is 0 Å². The van der Waals surface area contributed by atoms with Gasteiger partial charge in [-0.3, -0.25) is 0 Å². The van der Waals surface area contributed by atoms with Gasteiger partial charge in [-0.15, -0.1) is 0 Å². The monoisotopic (exact) mass is 465 g/mol. The molecular formula is C27H20N3OPS. The normalized spacial score (nSPS) is 12.1. The highest BCUT2D eigenvalue weighted by molar-refractivity contribution is 7.70. The Balaban J connectivity index is 1.50. The lowest BCUT2D eigenvalue weighted by Crippen LogP contribution is -2.01. The van der Waals surface area contributed by atoms with Gasteiger partial charge in [0.25, 0.3) is 0 Å². The molecule has 4 aromatic carbocycles. The van der Waals surface area contributed by atoms with Gasteiger partial charge in [0.1, 0.15) is 18.2 Å². The second-order valence-corrected chi connectivity index (χ2v) is 12.3. The maximum absolute atomic E-state index is 12.3. The Hall–Kier alpha value is -3.40. The first-order valence-corrected chi connectivity index (χ1v) is 14.0. The summed E-state index contributed by atoms with van der Waals surface area (Å²) in [7, 11) is -2.25. The van der Waals surface area contributed by atoms with Gasteiger partial charge in [0, 0.05) is 27.0 Å². The third kappa shape index (κ3) is 3.45. The lowest BCUT2D eigenvalue weighted by Gasteiger charge is -2.11. The van der Waals surface area contributed by atoms with E-state index in [1.54, 1.807) is 13.3 Å². The molecule has 0 saturated carbocycles. The van der Waals surface area contributed by atoms with Crippen LogP contribution in [0.4, 0.5) is 0 Å². The van der Waals surface area contributed by atoms with E-state index in [1.807, 2.05) is 48.5 Å². The third-order valence-electron chi connectivity index (χ3n) is 6.07. The van der Waals surface area contributed by atoms with Crippen LogP contribution in [0.5, 0.6) is 0 Å². The van der Waals surface area contributed by atoms with Gasteiger partial charge in [-0.2, -0.15) is 8.75 Å². The molecule has 4 nitrogen and oxygen atoms in total. The number of pyridine rings is 1. The zero-order chi connectivity index (χ0) is 22.6. The number of fused-ring (bicyclic) bond motifs is 5. The predicted molar refractivity (Wildman–Crippen MR) is 140 cm³/mol. The van der Waals surface area contributed by atoms with Gasteiger partial charge in [-0.25, -0.2) is 4.98 Å². The fourth-order valence-electron chi connectivity index (χ4n) is 4.34. The number of nitrogens with zero attached hydrogens (tertiary/aromatic N) is 3. The van der Waals surface area contributed by atoms with E-state index >= 15 is 0 Å². The van der Waals surface area contributed by atoms with Crippen molar-refractivity contribution in [3.8, 4) is 22.4 Å². The molecule has 0 aliphatic rings. The summed E-state index contributed by atoms with van der Waals surface area (Å²) in [6.45, 7) is 3.60. The van der Waals surface area contributed by atoms with Crippen LogP contribution in [0.25, 0.3) is 55.1 Å². The fourth-order valence-corrected chi connectivity index (χ4v) is 5.75. The van der Waals surface area contributed by atoms with Crippen molar-refractivity contribution >= 4 is 56.9 Å². The molecule has 0 atom stereocenters. The zero-order valence-corrected chi connectivity index (χ0v) is 19.9. The lowest BCUT2D eigenvalue weighted by atomic mass is 9.97. The number of aromatic nitrogens is 3. The minimum absolute atomic E-state index is 0.901. The molecule has 6 rings (SSSR count). The molecule has 2 aromatic heterocycles. The molecule has 0 aliphatic carbocycles. The first-order valence-electron chi connectivity index (χ1n) is 10.7. The first kappa shape index (κ1) is 20.2. The van der Waals surface area contributed by atoms with Crippen LogP contribution in [0.2, 0.25) is 0 Å². The standard InChI is InChI=1S/C27H20N3OPS/c1-32(2,31)20-13-11-18(12-14-20)17-7-9-19(10-8-17)26-22-15-16-24-27(30-33-29-24)25(22)21-5-3-4-6-23(21)28-26/h3-16H,1-2H3. The largest absolute Gasteiger partial charge is 0.319 e. The Bertz CT molecular complexity index is 1700. The molecule has 0 fully saturated rings. The highest BCUT2D eigenvalue weighted by Gasteiger charge is 2.15. The minimum atomic E-state index is -2.25. The molecule has 0 bridgehead atoms. The number of hydrogen-bond acceptors (Lipinski definition) is 5. The van der Waals surface area contributed by atoms with Crippen molar-refractivity contribution in [2.75, 3.05) is 13.3 Å². The van der Waals surface area contributed by atoms with Crippen LogP contribution in [0.15, 0.2) is 84.9 Å². The van der Waals surface area contributed by atoms with Gasteiger partial charge in [0.15, 0.2) is 0 Å². The Kier molecular flexibility index (Phi) is 4.65. The predicted octanol–water partition coefficient (Wildman–Crippen LogP) is 6.97. The van der Waals surface area contributed by atoms with Crippen LogP contribution in [0.3, 0.4) is 0 Å². The van der Waals surface area contributed by atoms with Gasteiger partial charge in [-0.1, -0.05) is 66.7 Å². The highest BCUT2D eigenvalue weighted by Crippen LogP contribution is 2.37. The van der Waals surface area contributed by atoms with Gasteiger partial charge in [0.2, 0.25) is 0 Å². The molecule has 0 radical (unpaired) electrons. The van der Waals surface area contributed by atoms with Crippen molar-refractivity contribution in [1.82, 2.24) is 13.7 Å². The molecular weight excluding hydrogens is 445 g/mol. The van der Waals surface area contributed by atoms with E-state index in [4.69, 9.17) is 4.98 Å². The second-order valence-electron chi connectivity index (χ2n) is 8.57. The van der Waals surface area contributed by atoms with Crippen LogP contribution < -0.4 is 5.30 Å². The van der Waals surface area contributed by atoms with E-state index in [0.29, 0.717) is 0 Å². The van der Waals surface area contributed by atoms with Crippen LogP contribution >= 0.6 is 18.9 Å².